The highest BCUT2D eigenvalue weighted by molar-refractivity contribution is 5.31. The van der Waals surface area contributed by atoms with Crippen LogP contribution < -0.4 is 5.73 Å². The fourth-order valence-corrected chi connectivity index (χ4v) is 1.67. The lowest BCUT2D eigenvalue weighted by atomic mass is 10.1. The maximum Gasteiger partial charge on any atom is 0.0991 e. The van der Waals surface area contributed by atoms with Gasteiger partial charge in [0.1, 0.15) is 0 Å². The summed E-state index contributed by atoms with van der Waals surface area (Å²) in [5.41, 5.74) is 8.61. The van der Waals surface area contributed by atoms with Gasteiger partial charge < -0.3 is 10.3 Å². The standard InChI is InChI=1S/C13H13N3/c14-8-11-3-5-12(6-4-11)10-16-7-1-2-13(16)9-15/h1-7H,9-10,15H2. The molecule has 1 aromatic carbocycles. The van der Waals surface area contributed by atoms with Crippen molar-refractivity contribution < 1.29 is 0 Å². The van der Waals surface area contributed by atoms with Crippen LogP contribution in [0.2, 0.25) is 0 Å². The predicted molar refractivity (Wildman–Crippen MR) is 62.6 cm³/mol. The number of benzene rings is 1. The zero-order valence-electron chi connectivity index (χ0n) is 8.93. The van der Waals surface area contributed by atoms with Gasteiger partial charge in [0.2, 0.25) is 0 Å². The zero-order valence-corrected chi connectivity index (χ0v) is 8.93. The largest absolute Gasteiger partial charge is 0.346 e. The molecule has 0 saturated carbocycles. The molecule has 0 radical (unpaired) electrons. The average Bonchev–Trinajstić information content (AvgIpc) is 2.77. The van der Waals surface area contributed by atoms with E-state index in [2.05, 4.69) is 10.6 Å². The van der Waals surface area contributed by atoms with E-state index in [1.807, 2.05) is 42.6 Å². The van der Waals surface area contributed by atoms with Crippen LogP contribution >= 0.6 is 0 Å². The summed E-state index contributed by atoms with van der Waals surface area (Å²) < 4.78 is 2.11. The predicted octanol–water partition coefficient (Wildman–Crippen LogP) is 1.87. The van der Waals surface area contributed by atoms with E-state index in [4.69, 9.17) is 11.0 Å². The van der Waals surface area contributed by atoms with Crippen LogP contribution in [-0.2, 0) is 13.1 Å². The average molecular weight is 211 g/mol. The summed E-state index contributed by atoms with van der Waals surface area (Å²) in [7, 11) is 0. The first-order chi connectivity index (χ1) is 7.83. The van der Waals surface area contributed by atoms with Crippen molar-refractivity contribution in [2.45, 2.75) is 13.1 Å². The van der Waals surface area contributed by atoms with Gasteiger partial charge in [-0.1, -0.05) is 12.1 Å². The quantitative estimate of drug-likeness (QED) is 0.842. The molecule has 1 heterocycles. The second kappa shape index (κ2) is 4.65. The van der Waals surface area contributed by atoms with Crippen molar-refractivity contribution in [2.75, 3.05) is 0 Å². The van der Waals surface area contributed by atoms with E-state index in [1.165, 1.54) is 5.56 Å². The van der Waals surface area contributed by atoms with Gasteiger partial charge in [-0.2, -0.15) is 5.26 Å². The van der Waals surface area contributed by atoms with E-state index < -0.39 is 0 Å². The minimum absolute atomic E-state index is 0.545. The van der Waals surface area contributed by atoms with Gasteiger partial charge in [0, 0.05) is 25.0 Å². The van der Waals surface area contributed by atoms with Crippen molar-refractivity contribution in [3.8, 4) is 6.07 Å². The summed E-state index contributed by atoms with van der Waals surface area (Å²) in [5.74, 6) is 0. The molecule has 3 nitrogen and oxygen atoms in total. The molecule has 1 aromatic heterocycles. The molecule has 16 heavy (non-hydrogen) atoms. The summed E-state index contributed by atoms with van der Waals surface area (Å²) in [6, 6.07) is 13.7. The Bertz CT molecular complexity index is 503. The third-order valence-corrected chi connectivity index (χ3v) is 2.57. The smallest absolute Gasteiger partial charge is 0.0991 e. The lowest BCUT2D eigenvalue weighted by Gasteiger charge is -2.07. The van der Waals surface area contributed by atoms with Crippen molar-refractivity contribution in [1.29, 1.82) is 5.26 Å². The van der Waals surface area contributed by atoms with E-state index in [-0.39, 0.29) is 0 Å². The normalized spacial score (nSPS) is 10.0. The Morgan fingerprint density at radius 2 is 1.94 bits per heavy atom. The number of hydrogen-bond acceptors (Lipinski definition) is 2. The Balaban J connectivity index is 2.18. The van der Waals surface area contributed by atoms with Gasteiger partial charge in [0.05, 0.1) is 11.6 Å². The van der Waals surface area contributed by atoms with Crippen LogP contribution in [0.5, 0.6) is 0 Å². The fraction of sp³-hybridized carbons (Fsp3) is 0.154. The third-order valence-electron chi connectivity index (χ3n) is 2.57. The van der Waals surface area contributed by atoms with E-state index in [0.29, 0.717) is 12.1 Å². The van der Waals surface area contributed by atoms with Gasteiger partial charge in [-0.05, 0) is 29.8 Å². The first-order valence-electron chi connectivity index (χ1n) is 5.16. The molecule has 0 bridgehead atoms. The minimum Gasteiger partial charge on any atom is -0.346 e. The molecule has 0 aliphatic heterocycles. The maximum absolute atomic E-state index is 8.70. The number of hydrogen-bond donors (Lipinski definition) is 1. The summed E-state index contributed by atoms with van der Waals surface area (Å²) in [5, 5.41) is 8.70. The van der Waals surface area contributed by atoms with E-state index >= 15 is 0 Å². The fourth-order valence-electron chi connectivity index (χ4n) is 1.67. The lowest BCUT2D eigenvalue weighted by Crippen LogP contribution is -2.07. The zero-order chi connectivity index (χ0) is 11.4. The molecular weight excluding hydrogens is 198 g/mol. The maximum atomic E-state index is 8.70. The first kappa shape index (κ1) is 10.5. The Morgan fingerprint density at radius 3 is 2.56 bits per heavy atom. The van der Waals surface area contributed by atoms with Crippen molar-refractivity contribution in [3.05, 3.63) is 59.4 Å². The molecule has 0 atom stereocenters. The molecule has 0 aliphatic carbocycles. The molecule has 0 spiro atoms. The van der Waals surface area contributed by atoms with Crippen LogP contribution in [0.3, 0.4) is 0 Å². The van der Waals surface area contributed by atoms with Gasteiger partial charge in [-0.15, -0.1) is 0 Å². The molecule has 2 N–H and O–H groups in total. The van der Waals surface area contributed by atoms with Gasteiger partial charge in [0.25, 0.3) is 0 Å². The van der Waals surface area contributed by atoms with Crippen molar-refractivity contribution in [2.24, 2.45) is 5.73 Å². The van der Waals surface area contributed by atoms with Gasteiger partial charge in [0.15, 0.2) is 0 Å². The second-order valence-corrected chi connectivity index (χ2v) is 3.64. The Hall–Kier alpha value is -2.05. The number of nitrogens with two attached hydrogens (primary N) is 1. The summed E-state index contributed by atoms with van der Waals surface area (Å²) in [4.78, 5) is 0. The van der Waals surface area contributed by atoms with E-state index in [1.54, 1.807) is 0 Å². The van der Waals surface area contributed by atoms with Crippen molar-refractivity contribution >= 4 is 0 Å². The Labute approximate surface area is 94.7 Å². The molecule has 0 aliphatic rings. The van der Waals surface area contributed by atoms with Crippen LogP contribution in [0.25, 0.3) is 0 Å². The number of nitrogens with zero attached hydrogens (tertiary/aromatic N) is 2. The van der Waals surface area contributed by atoms with Crippen LogP contribution in [0.1, 0.15) is 16.8 Å². The molecular formula is C13H13N3. The topological polar surface area (TPSA) is 54.7 Å². The molecule has 3 heteroatoms. The van der Waals surface area contributed by atoms with E-state index in [9.17, 15) is 0 Å². The second-order valence-electron chi connectivity index (χ2n) is 3.64. The number of nitriles is 1. The first-order valence-corrected chi connectivity index (χ1v) is 5.16. The van der Waals surface area contributed by atoms with Crippen LogP contribution in [0.15, 0.2) is 42.6 Å². The molecule has 2 aromatic rings. The number of rotatable bonds is 3. The molecule has 0 fully saturated rings. The molecule has 2 rings (SSSR count). The van der Waals surface area contributed by atoms with Gasteiger partial charge in [-0.25, -0.2) is 0 Å². The third kappa shape index (κ3) is 2.13. The highest BCUT2D eigenvalue weighted by Crippen LogP contribution is 2.08. The highest BCUT2D eigenvalue weighted by atomic mass is 15.0. The molecule has 0 amide bonds. The highest BCUT2D eigenvalue weighted by Gasteiger charge is 2.00. The summed E-state index contributed by atoms with van der Waals surface area (Å²) in [6.45, 7) is 1.34. The van der Waals surface area contributed by atoms with Gasteiger partial charge >= 0.3 is 0 Å². The summed E-state index contributed by atoms with van der Waals surface area (Å²) in [6.07, 6.45) is 2.01. The van der Waals surface area contributed by atoms with Gasteiger partial charge in [-0.3, -0.25) is 0 Å². The molecule has 0 saturated heterocycles. The monoisotopic (exact) mass is 211 g/mol. The molecule has 0 unspecified atom stereocenters. The van der Waals surface area contributed by atoms with E-state index in [0.717, 1.165) is 12.2 Å². The van der Waals surface area contributed by atoms with Crippen LogP contribution in [-0.4, -0.2) is 4.57 Å². The van der Waals surface area contributed by atoms with Crippen molar-refractivity contribution in [1.82, 2.24) is 4.57 Å². The van der Waals surface area contributed by atoms with Crippen LogP contribution in [0, 0.1) is 11.3 Å². The Kier molecular flexibility index (Phi) is 3.04. The van der Waals surface area contributed by atoms with Crippen molar-refractivity contribution in [3.63, 3.8) is 0 Å². The van der Waals surface area contributed by atoms with Crippen LogP contribution in [0.4, 0.5) is 0 Å². The molecule has 80 valence electrons. The Morgan fingerprint density at radius 1 is 1.19 bits per heavy atom. The summed E-state index contributed by atoms with van der Waals surface area (Å²) >= 11 is 0. The minimum atomic E-state index is 0.545. The SMILES string of the molecule is N#Cc1ccc(Cn2cccc2CN)cc1. The number of aromatic nitrogens is 1. The lowest BCUT2D eigenvalue weighted by molar-refractivity contribution is 0.744.